The maximum absolute atomic E-state index is 12.1. The Morgan fingerprint density at radius 1 is 1.36 bits per heavy atom. The fraction of sp³-hybridized carbons (Fsp3) is 0.588. The van der Waals surface area contributed by atoms with Crippen LogP contribution in [0.25, 0.3) is 0 Å². The number of carbonyl (C=O) groups excluding carboxylic acids is 1. The molecule has 1 aliphatic rings. The standard InChI is InChI=1S/C17H24N6OS/c1-4-16-21-22-17(25-16)20-15(24)5-6-23-9-12-8-18-14(7-11(2)3)19-13(12)10-23/h8,11H,4-7,9-10H2,1-3H3,(H,20,22,24). The van der Waals surface area contributed by atoms with E-state index in [4.69, 9.17) is 0 Å². The number of aryl methyl sites for hydroxylation is 1. The lowest BCUT2D eigenvalue weighted by molar-refractivity contribution is -0.116. The lowest BCUT2D eigenvalue weighted by Gasteiger charge is -2.13. The van der Waals surface area contributed by atoms with Crippen LogP contribution in [0.4, 0.5) is 5.13 Å². The number of nitrogens with one attached hydrogen (secondary N) is 1. The normalized spacial score (nSPS) is 14.1. The summed E-state index contributed by atoms with van der Waals surface area (Å²) in [5.74, 6) is 1.44. The molecule has 0 atom stereocenters. The largest absolute Gasteiger partial charge is 0.300 e. The van der Waals surface area contributed by atoms with E-state index in [0.29, 0.717) is 24.0 Å². The molecule has 0 aliphatic carbocycles. The quantitative estimate of drug-likeness (QED) is 0.816. The molecule has 2 aromatic heterocycles. The molecule has 2 aromatic rings. The Morgan fingerprint density at radius 2 is 2.20 bits per heavy atom. The summed E-state index contributed by atoms with van der Waals surface area (Å²) in [5, 5.41) is 12.3. The third-order valence-corrected chi connectivity index (χ3v) is 5.02. The first-order valence-corrected chi connectivity index (χ1v) is 9.53. The first-order chi connectivity index (χ1) is 12.0. The van der Waals surface area contributed by atoms with Gasteiger partial charge in [-0.15, -0.1) is 10.2 Å². The molecule has 134 valence electrons. The molecule has 0 unspecified atom stereocenters. The molecule has 0 aromatic carbocycles. The topological polar surface area (TPSA) is 83.9 Å². The zero-order valence-corrected chi connectivity index (χ0v) is 15.8. The Bertz CT molecular complexity index is 744. The third kappa shape index (κ3) is 4.79. The lowest BCUT2D eigenvalue weighted by atomic mass is 10.1. The van der Waals surface area contributed by atoms with E-state index in [1.165, 1.54) is 16.9 Å². The molecule has 3 rings (SSSR count). The van der Waals surface area contributed by atoms with E-state index in [-0.39, 0.29) is 5.91 Å². The van der Waals surface area contributed by atoms with Crippen LogP contribution in [0.15, 0.2) is 6.20 Å². The number of rotatable bonds is 7. The average molecular weight is 360 g/mol. The van der Waals surface area contributed by atoms with Crippen molar-refractivity contribution in [1.82, 2.24) is 25.1 Å². The monoisotopic (exact) mass is 360 g/mol. The van der Waals surface area contributed by atoms with Crippen molar-refractivity contribution >= 4 is 22.4 Å². The number of hydrogen-bond acceptors (Lipinski definition) is 7. The van der Waals surface area contributed by atoms with Gasteiger partial charge in [-0.2, -0.15) is 0 Å². The molecule has 25 heavy (non-hydrogen) atoms. The SMILES string of the molecule is CCc1nnc(NC(=O)CCN2Cc3cnc(CC(C)C)nc3C2)s1. The Labute approximate surface area is 151 Å². The molecule has 0 radical (unpaired) electrons. The van der Waals surface area contributed by atoms with Crippen molar-refractivity contribution in [3.8, 4) is 0 Å². The van der Waals surface area contributed by atoms with E-state index in [2.05, 4.69) is 44.2 Å². The molecule has 0 fully saturated rings. The summed E-state index contributed by atoms with van der Waals surface area (Å²) in [6, 6.07) is 0. The van der Waals surface area contributed by atoms with E-state index < -0.39 is 0 Å². The number of fused-ring (bicyclic) bond motifs is 1. The number of hydrogen-bond donors (Lipinski definition) is 1. The van der Waals surface area contributed by atoms with E-state index in [0.717, 1.165) is 42.5 Å². The fourth-order valence-corrected chi connectivity index (χ4v) is 3.47. The van der Waals surface area contributed by atoms with Crippen LogP contribution in [0, 0.1) is 5.92 Å². The van der Waals surface area contributed by atoms with Crippen molar-refractivity contribution < 1.29 is 4.79 Å². The molecule has 0 saturated carbocycles. The molecule has 0 bridgehead atoms. The second-order valence-corrected chi connectivity index (χ2v) is 7.78. The summed E-state index contributed by atoms with van der Waals surface area (Å²) in [7, 11) is 0. The first-order valence-electron chi connectivity index (χ1n) is 8.71. The predicted molar refractivity (Wildman–Crippen MR) is 97.2 cm³/mol. The lowest BCUT2D eigenvalue weighted by Crippen LogP contribution is -2.23. The number of aromatic nitrogens is 4. The molecule has 8 heteroatoms. The van der Waals surface area contributed by atoms with Crippen LogP contribution in [0.3, 0.4) is 0 Å². The van der Waals surface area contributed by atoms with E-state index >= 15 is 0 Å². The molecule has 0 saturated heterocycles. The number of amides is 1. The van der Waals surface area contributed by atoms with Gasteiger partial charge in [0.05, 0.1) is 5.69 Å². The van der Waals surface area contributed by atoms with Crippen molar-refractivity contribution in [3.63, 3.8) is 0 Å². The van der Waals surface area contributed by atoms with Crippen LogP contribution in [-0.2, 0) is 30.7 Å². The highest BCUT2D eigenvalue weighted by Gasteiger charge is 2.22. The van der Waals surface area contributed by atoms with Crippen LogP contribution < -0.4 is 5.32 Å². The maximum Gasteiger partial charge on any atom is 0.227 e. The smallest absolute Gasteiger partial charge is 0.227 e. The minimum Gasteiger partial charge on any atom is -0.300 e. The van der Waals surface area contributed by atoms with Crippen molar-refractivity contribution in [3.05, 3.63) is 28.3 Å². The maximum atomic E-state index is 12.1. The van der Waals surface area contributed by atoms with Gasteiger partial charge in [-0.1, -0.05) is 32.1 Å². The number of carbonyl (C=O) groups is 1. The van der Waals surface area contributed by atoms with Gasteiger partial charge in [0.2, 0.25) is 11.0 Å². The summed E-state index contributed by atoms with van der Waals surface area (Å²) in [5.41, 5.74) is 2.27. The summed E-state index contributed by atoms with van der Waals surface area (Å²) < 4.78 is 0. The molecule has 7 nitrogen and oxygen atoms in total. The van der Waals surface area contributed by atoms with Gasteiger partial charge in [0, 0.05) is 44.2 Å². The molecular formula is C17H24N6OS. The third-order valence-electron chi connectivity index (χ3n) is 4.03. The van der Waals surface area contributed by atoms with Crippen LogP contribution in [0.1, 0.15) is 49.3 Å². The molecule has 1 amide bonds. The minimum atomic E-state index is -0.0265. The Hall–Kier alpha value is -1.93. The van der Waals surface area contributed by atoms with Gasteiger partial charge in [0.25, 0.3) is 0 Å². The van der Waals surface area contributed by atoms with Crippen molar-refractivity contribution in [2.24, 2.45) is 5.92 Å². The molecule has 0 spiro atoms. The van der Waals surface area contributed by atoms with E-state index in [9.17, 15) is 4.79 Å². The van der Waals surface area contributed by atoms with Crippen LogP contribution in [0.5, 0.6) is 0 Å². The second-order valence-electron chi connectivity index (χ2n) is 6.72. The predicted octanol–water partition coefficient (Wildman–Crippen LogP) is 2.43. The zero-order valence-electron chi connectivity index (χ0n) is 14.9. The van der Waals surface area contributed by atoms with Gasteiger partial charge >= 0.3 is 0 Å². The zero-order chi connectivity index (χ0) is 17.8. The van der Waals surface area contributed by atoms with Crippen LogP contribution >= 0.6 is 11.3 Å². The fourth-order valence-electron chi connectivity index (χ4n) is 2.77. The summed E-state index contributed by atoms with van der Waals surface area (Å²) in [6.07, 6.45) is 4.10. The second kappa shape index (κ2) is 7.97. The Kier molecular flexibility index (Phi) is 5.70. The van der Waals surface area contributed by atoms with Crippen molar-refractivity contribution in [1.29, 1.82) is 0 Å². The van der Waals surface area contributed by atoms with Gasteiger partial charge in [0.15, 0.2) is 0 Å². The first kappa shape index (κ1) is 17.9. The van der Waals surface area contributed by atoms with E-state index in [1.54, 1.807) is 0 Å². The van der Waals surface area contributed by atoms with E-state index in [1.807, 2.05) is 13.1 Å². The highest BCUT2D eigenvalue weighted by Crippen LogP contribution is 2.21. The van der Waals surface area contributed by atoms with Gasteiger partial charge in [0.1, 0.15) is 10.8 Å². The highest BCUT2D eigenvalue weighted by atomic mass is 32.1. The molecule has 1 N–H and O–H groups in total. The summed E-state index contributed by atoms with van der Waals surface area (Å²) in [4.78, 5) is 23.5. The van der Waals surface area contributed by atoms with Gasteiger partial charge < -0.3 is 5.32 Å². The van der Waals surface area contributed by atoms with Gasteiger partial charge in [-0.3, -0.25) is 9.69 Å². The average Bonchev–Trinajstić information content (AvgIpc) is 3.18. The van der Waals surface area contributed by atoms with Gasteiger partial charge in [-0.05, 0) is 12.3 Å². The number of nitrogens with zero attached hydrogens (tertiary/aromatic N) is 5. The Morgan fingerprint density at radius 3 is 2.92 bits per heavy atom. The van der Waals surface area contributed by atoms with Crippen molar-refractivity contribution in [2.45, 2.75) is 53.1 Å². The molecule has 1 aliphatic heterocycles. The summed E-state index contributed by atoms with van der Waals surface area (Å²) >= 11 is 1.43. The summed E-state index contributed by atoms with van der Waals surface area (Å²) in [6.45, 7) is 8.65. The van der Waals surface area contributed by atoms with Gasteiger partial charge in [-0.25, -0.2) is 9.97 Å². The van der Waals surface area contributed by atoms with Crippen molar-refractivity contribution in [2.75, 3.05) is 11.9 Å². The minimum absolute atomic E-state index is 0.0265. The highest BCUT2D eigenvalue weighted by molar-refractivity contribution is 7.15. The number of anilines is 1. The van der Waals surface area contributed by atoms with Crippen LogP contribution in [0.2, 0.25) is 0 Å². The Balaban J connectivity index is 1.48. The molecular weight excluding hydrogens is 336 g/mol. The van der Waals surface area contributed by atoms with Crippen LogP contribution in [-0.4, -0.2) is 37.5 Å². The molecule has 3 heterocycles.